The van der Waals surface area contributed by atoms with Crippen molar-refractivity contribution in [1.29, 1.82) is 0 Å². The van der Waals surface area contributed by atoms with Crippen molar-refractivity contribution in [3.8, 4) is 0 Å². The Bertz CT molecular complexity index is 351. The molecule has 1 aromatic heterocycles. The van der Waals surface area contributed by atoms with Gasteiger partial charge in [0.1, 0.15) is 11.6 Å². The summed E-state index contributed by atoms with van der Waals surface area (Å²) in [5, 5.41) is 0. The molecule has 1 saturated heterocycles. The molecule has 1 aliphatic heterocycles. The molecule has 16 heavy (non-hydrogen) atoms. The van der Waals surface area contributed by atoms with Crippen molar-refractivity contribution in [2.24, 2.45) is 5.73 Å². The Hall–Kier alpha value is -1.20. The van der Waals surface area contributed by atoms with Crippen LogP contribution < -0.4 is 10.6 Å². The summed E-state index contributed by atoms with van der Waals surface area (Å²) in [5.74, 6) is 0.449. The highest BCUT2D eigenvalue weighted by molar-refractivity contribution is 5.46. The Kier molecular flexibility index (Phi) is 3.69. The first-order valence-corrected chi connectivity index (χ1v) is 5.48. The van der Waals surface area contributed by atoms with Crippen LogP contribution in [0, 0.1) is 5.82 Å². The lowest BCUT2D eigenvalue weighted by Gasteiger charge is -2.23. The zero-order chi connectivity index (χ0) is 11.4. The minimum atomic E-state index is -0.338. The van der Waals surface area contributed by atoms with E-state index in [1.165, 1.54) is 12.3 Å². The van der Waals surface area contributed by atoms with E-state index in [-0.39, 0.29) is 5.82 Å². The van der Waals surface area contributed by atoms with Gasteiger partial charge in [0.05, 0.1) is 12.8 Å². The van der Waals surface area contributed by atoms with Gasteiger partial charge in [0.25, 0.3) is 0 Å². The second-order valence-corrected chi connectivity index (χ2v) is 3.79. The first-order valence-electron chi connectivity index (χ1n) is 5.48. The van der Waals surface area contributed by atoms with E-state index in [1.807, 2.05) is 0 Å². The fraction of sp³-hybridized carbons (Fsp3) is 0.545. The van der Waals surface area contributed by atoms with Crippen LogP contribution in [0.2, 0.25) is 0 Å². The number of hydrogen-bond donors (Lipinski definition) is 1. The van der Waals surface area contributed by atoms with Crippen molar-refractivity contribution in [3.63, 3.8) is 0 Å². The number of hydrogen-bond acceptors (Lipinski definition) is 4. The quantitative estimate of drug-likeness (QED) is 0.812. The molecular formula is C11H16FN3O. The van der Waals surface area contributed by atoms with E-state index in [0.717, 1.165) is 37.5 Å². The van der Waals surface area contributed by atoms with Crippen molar-refractivity contribution in [1.82, 2.24) is 4.98 Å². The summed E-state index contributed by atoms with van der Waals surface area (Å²) in [5.41, 5.74) is 6.35. The van der Waals surface area contributed by atoms with E-state index in [9.17, 15) is 4.39 Å². The Labute approximate surface area is 94.2 Å². The maximum atomic E-state index is 13.0. The van der Waals surface area contributed by atoms with Gasteiger partial charge in [-0.25, -0.2) is 9.37 Å². The number of rotatable bonds is 2. The van der Waals surface area contributed by atoms with Gasteiger partial charge in [-0.3, -0.25) is 0 Å². The maximum Gasteiger partial charge on any atom is 0.141 e. The average Bonchev–Trinajstić information content (AvgIpc) is 2.57. The van der Waals surface area contributed by atoms with Crippen LogP contribution in [0.4, 0.5) is 10.2 Å². The molecule has 4 nitrogen and oxygen atoms in total. The summed E-state index contributed by atoms with van der Waals surface area (Å²) in [6.45, 7) is 3.42. The summed E-state index contributed by atoms with van der Waals surface area (Å²) >= 11 is 0. The topological polar surface area (TPSA) is 51.4 Å². The van der Waals surface area contributed by atoms with Crippen molar-refractivity contribution < 1.29 is 9.13 Å². The van der Waals surface area contributed by atoms with Crippen LogP contribution in [0.25, 0.3) is 0 Å². The van der Waals surface area contributed by atoms with Crippen LogP contribution in [-0.4, -0.2) is 31.3 Å². The second-order valence-electron chi connectivity index (χ2n) is 3.79. The van der Waals surface area contributed by atoms with Gasteiger partial charge in [0.2, 0.25) is 0 Å². The lowest BCUT2D eigenvalue weighted by Crippen LogP contribution is -2.28. The highest BCUT2D eigenvalue weighted by atomic mass is 19.1. The molecule has 2 heterocycles. The lowest BCUT2D eigenvalue weighted by atomic mass is 10.2. The van der Waals surface area contributed by atoms with Crippen LogP contribution in [0.1, 0.15) is 12.0 Å². The molecule has 0 bridgehead atoms. The van der Waals surface area contributed by atoms with Crippen LogP contribution in [0.5, 0.6) is 0 Å². The van der Waals surface area contributed by atoms with Crippen molar-refractivity contribution in [3.05, 3.63) is 23.6 Å². The Morgan fingerprint density at radius 3 is 3.12 bits per heavy atom. The van der Waals surface area contributed by atoms with Gasteiger partial charge in [0.15, 0.2) is 0 Å². The third kappa shape index (κ3) is 2.48. The molecule has 0 aromatic carbocycles. The standard InChI is InChI=1S/C11H16FN3O/c12-10-6-9(7-13)11(14-8-10)15-2-1-4-16-5-3-15/h6,8H,1-5,7,13H2. The number of anilines is 1. The SMILES string of the molecule is NCc1cc(F)cnc1N1CCCOCC1. The van der Waals surface area contributed by atoms with E-state index in [4.69, 9.17) is 10.5 Å². The molecule has 0 unspecified atom stereocenters. The number of pyridine rings is 1. The third-order valence-electron chi connectivity index (χ3n) is 2.65. The number of nitrogens with zero attached hydrogens (tertiary/aromatic N) is 2. The molecule has 0 spiro atoms. The third-order valence-corrected chi connectivity index (χ3v) is 2.65. The summed E-state index contributed by atoms with van der Waals surface area (Å²) in [6, 6.07) is 1.45. The number of ether oxygens (including phenoxy) is 1. The number of aromatic nitrogens is 1. The molecule has 2 N–H and O–H groups in total. The fourth-order valence-electron chi connectivity index (χ4n) is 1.87. The predicted molar refractivity (Wildman–Crippen MR) is 59.7 cm³/mol. The Balaban J connectivity index is 2.23. The minimum absolute atomic E-state index is 0.303. The summed E-state index contributed by atoms with van der Waals surface area (Å²) in [6.07, 6.45) is 2.20. The van der Waals surface area contributed by atoms with Crippen LogP contribution in [-0.2, 0) is 11.3 Å². The smallest absolute Gasteiger partial charge is 0.141 e. The summed E-state index contributed by atoms with van der Waals surface area (Å²) in [4.78, 5) is 6.24. The molecule has 1 aliphatic rings. The van der Waals surface area contributed by atoms with E-state index >= 15 is 0 Å². The van der Waals surface area contributed by atoms with E-state index in [2.05, 4.69) is 9.88 Å². The van der Waals surface area contributed by atoms with E-state index in [0.29, 0.717) is 13.2 Å². The van der Waals surface area contributed by atoms with Crippen molar-refractivity contribution in [2.75, 3.05) is 31.2 Å². The Morgan fingerprint density at radius 1 is 1.44 bits per heavy atom. The largest absolute Gasteiger partial charge is 0.380 e. The first-order chi connectivity index (χ1) is 7.81. The number of halogens is 1. The minimum Gasteiger partial charge on any atom is -0.380 e. The highest BCUT2D eigenvalue weighted by Crippen LogP contribution is 2.19. The van der Waals surface area contributed by atoms with Crippen molar-refractivity contribution >= 4 is 5.82 Å². The molecule has 0 amide bonds. The van der Waals surface area contributed by atoms with Gasteiger partial charge < -0.3 is 15.4 Å². The van der Waals surface area contributed by atoms with Gasteiger partial charge in [-0.2, -0.15) is 0 Å². The van der Waals surface area contributed by atoms with Gasteiger partial charge in [-0.15, -0.1) is 0 Å². The van der Waals surface area contributed by atoms with Crippen LogP contribution >= 0.6 is 0 Å². The highest BCUT2D eigenvalue weighted by Gasteiger charge is 2.14. The molecule has 0 atom stereocenters. The summed E-state index contributed by atoms with van der Waals surface area (Å²) < 4.78 is 18.4. The van der Waals surface area contributed by atoms with Crippen molar-refractivity contribution in [2.45, 2.75) is 13.0 Å². The molecule has 5 heteroatoms. The van der Waals surface area contributed by atoms with Gasteiger partial charge in [-0.1, -0.05) is 0 Å². The molecule has 0 saturated carbocycles. The Morgan fingerprint density at radius 2 is 2.31 bits per heavy atom. The maximum absolute atomic E-state index is 13.0. The lowest BCUT2D eigenvalue weighted by molar-refractivity contribution is 0.152. The van der Waals surface area contributed by atoms with Gasteiger partial charge in [-0.05, 0) is 12.5 Å². The molecule has 88 valence electrons. The van der Waals surface area contributed by atoms with Gasteiger partial charge in [0, 0.05) is 31.8 Å². The van der Waals surface area contributed by atoms with E-state index < -0.39 is 0 Å². The number of nitrogens with two attached hydrogens (primary N) is 1. The average molecular weight is 225 g/mol. The zero-order valence-electron chi connectivity index (χ0n) is 9.16. The van der Waals surface area contributed by atoms with Crippen LogP contribution in [0.15, 0.2) is 12.3 Å². The normalized spacial score (nSPS) is 17.2. The molecular weight excluding hydrogens is 209 g/mol. The molecule has 2 rings (SSSR count). The molecule has 1 fully saturated rings. The van der Waals surface area contributed by atoms with Gasteiger partial charge >= 0.3 is 0 Å². The van der Waals surface area contributed by atoms with E-state index in [1.54, 1.807) is 0 Å². The second kappa shape index (κ2) is 5.23. The predicted octanol–water partition coefficient (Wildman–Crippen LogP) is 0.906. The summed E-state index contributed by atoms with van der Waals surface area (Å²) in [7, 11) is 0. The molecule has 0 radical (unpaired) electrons. The fourth-order valence-corrected chi connectivity index (χ4v) is 1.87. The first kappa shape index (κ1) is 11.3. The molecule has 1 aromatic rings. The zero-order valence-corrected chi connectivity index (χ0v) is 9.16. The monoisotopic (exact) mass is 225 g/mol. The molecule has 0 aliphatic carbocycles. The van der Waals surface area contributed by atoms with Crippen LogP contribution in [0.3, 0.4) is 0 Å².